The second-order valence-corrected chi connectivity index (χ2v) is 6.02. The van der Waals surface area contributed by atoms with Crippen LogP contribution in [-0.4, -0.2) is 33.7 Å². The van der Waals surface area contributed by atoms with Crippen LogP contribution in [0.2, 0.25) is 0 Å². The van der Waals surface area contributed by atoms with E-state index in [0.717, 1.165) is 24.7 Å². The fourth-order valence-electron chi connectivity index (χ4n) is 2.48. The Morgan fingerprint density at radius 2 is 1.46 bits per heavy atom. The van der Waals surface area contributed by atoms with Gasteiger partial charge in [0.05, 0.1) is 27.4 Å². The third kappa shape index (κ3) is 5.43. The SMILES string of the molecule is CCCOc1ccc(C#Cc2cc(OC)c(OCCC)cc2C=O)cc1OC. The molecule has 0 aromatic heterocycles. The highest BCUT2D eigenvalue weighted by Crippen LogP contribution is 2.31. The molecule has 0 bridgehead atoms. The number of hydrogen-bond acceptors (Lipinski definition) is 5. The molecule has 0 amide bonds. The van der Waals surface area contributed by atoms with Gasteiger partial charge in [-0.2, -0.15) is 0 Å². The quantitative estimate of drug-likeness (QED) is 0.472. The van der Waals surface area contributed by atoms with Gasteiger partial charge in [0.2, 0.25) is 0 Å². The highest BCUT2D eigenvalue weighted by Gasteiger charge is 2.10. The van der Waals surface area contributed by atoms with E-state index in [9.17, 15) is 4.79 Å². The molecule has 2 rings (SSSR count). The van der Waals surface area contributed by atoms with Crippen LogP contribution in [0.15, 0.2) is 30.3 Å². The molecule has 0 heterocycles. The van der Waals surface area contributed by atoms with Gasteiger partial charge in [-0.15, -0.1) is 0 Å². The molecular formula is C23H26O5. The predicted octanol–water partition coefficient (Wildman–Crippen LogP) is 4.49. The Bertz CT molecular complexity index is 861. The van der Waals surface area contributed by atoms with Crippen LogP contribution in [0.5, 0.6) is 23.0 Å². The molecule has 28 heavy (non-hydrogen) atoms. The van der Waals surface area contributed by atoms with Crippen LogP contribution < -0.4 is 18.9 Å². The van der Waals surface area contributed by atoms with Crippen molar-refractivity contribution in [2.45, 2.75) is 26.7 Å². The smallest absolute Gasteiger partial charge is 0.162 e. The zero-order valence-corrected chi connectivity index (χ0v) is 16.8. The summed E-state index contributed by atoms with van der Waals surface area (Å²) >= 11 is 0. The van der Waals surface area contributed by atoms with E-state index in [4.69, 9.17) is 18.9 Å². The standard InChI is InChI=1S/C23H26O5/c1-5-11-27-20-10-8-17(13-21(20)25-3)7-9-18-14-22(26-4)23(28-12-6-2)15-19(18)16-24/h8,10,13-16H,5-6,11-12H2,1-4H3. The molecule has 0 N–H and O–H groups in total. The first-order chi connectivity index (χ1) is 13.7. The van der Waals surface area contributed by atoms with Gasteiger partial charge in [-0.25, -0.2) is 0 Å². The molecule has 0 aliphatic heterocycles. The van der Waals surface area contributed by atoms with Gasteiger partial charge >= 0.3 is 0 Å². The van der Waals surface area contributed by atoms with Crippen LogP contribution in [0.4, 0.5) is 0 Å². The lowest BCUT2D eigenvalue weighted by Gasteiger charge is -2.11. The largest absolute Gasteiger partial charge is 0.493 e. The minimum absolute atomic E-state index is 0.453. The van der Waals surface area contributed by atoms with Crippen molar-refractivity contribution in [3.05, 3.63) is 47.0 Å². The van der Waals surface area contributed by atoms with Crippen LogP contribution in [-0.2, 0) is 0 Å². The van der Waals surface area contributed by atoms with E-state index in [0.29, 0.717) is 47.3 Å². The Balaban J connectivity index is 2.35. The number of carbonyl (C=O) groups is 1. The molecule has 148 valence electrons. The topological polar surface area (TPSA) is 54.0 Å². The molecule has 0 saturated carbocycles. The fourth-order valence-corrected chi connectivity index (χ4v) is 2.48. The third-order valence-corrected chi connectivity index (χ3v) is 3.89. The number of hydrogen-bond donors (Lipinski definition) is 0. The lowest BCUT2D eigenvalue weighted by Crippen LogP contribution is -2.00. The molecule has 5 heteroatoms. The number of benzene rings is 2. The minimum atomic E-state index is 0.453. The number of ether oxygens (including phenoxy) is 4. The van der Waals surface area contributed by atoms with E-state index >= 15 is 0 Å². The van der Waals surface area contributed by atoms with Gasteiger partial charge < -0.3 is 18.9 Å². The van der Waals surface area contributed by atoms with Crippen molar-refractivity contribution in [3.63, 3.8) is 0 Å². The van der Waals surface area contributed by atoms with Crippen LogP contribution >= 0.6 is 0 Å². The van der Waals surface area contributed by atoms with Crippen molar-refractivity contribution in [2.24, 2.45) is 0 Å². The monoisotopic (exact) mass is 382 g/mol. The number of rotatable bonds is 9. The van der Waals surface area contributed by atoms with E-state index < -0.39 is 0 Å². The number of aldehydes is 1. The second-order valence-electron chi connectivity index (χ2n) is 6.02. The summed E-state index contributed by atoms with van der Waals surface area (Å²) in [6.07, 6.45) is 2.55. The number of methoxy groups -OCH3 is 2. The van der Waals surface area contributed by atoms with Crippen molar-refractivity contribution in [3.8, 4) is 34.8 Å². The molecule has 0 atom stereocenters. The van der Waals surface area contributed by atoms with Crippen LogP contribution in [0.3, 0.4) is 0 Å². The van der Waals surface area contributed by atoms with E-state index in [-0.39, 0.29) is 0 Å². The summed E-state index contributed by atoms with van der Waals surface area (Å²) in [5, 5.41) is 0. The summed E-state index contributed by atoms with van der Waals surface area (Å²) in [4.78, 5) is 11.5. The first-order valence-corrected chi connectivity index (χ1v) is 9.29. The van der Waals surface area contributed by atoms with Gasteiger partial charge in [0, 0.05) is 22.8 Å². The average Bonchev–Trinajstić information content (AvgIpc) is 2.74. The molecule has 5 nitrogen and oxygen atoms in total. The third-order valence-electron chi connectivity index (χ3n) is 3.89. The molecule has 0 spiro atoms. The molecular weight excluding hydrogens is 356 g/mol. The summed E-state index contributed by atoms with van der Waals surface area (Å²) in [6, 6.07) is 8.89. The van der Waals surface area contributed by atoms with Gasteiger partial charge in [-0.1, -0.05) is 25.7 Å². The maximum absolute atomic E-state index is 11.5. The van der Waals surface area contributed by atoms with Crippen LogP contribution in [0.25, 0.3) is 0 Å². The molecule has 0 radical (unpaired) electrons. The molecule has 0 unspecified atom stereocenters. The average molecular weight is 382 g/mol. The highest BCUT2D eigenvalue weighted by atomic mass is 16.5. The van der Waals surface area contributed by atoms with Crippen molar-refractivity contribution >= 4 is 6.29 Å². The maximum Gasteiger partial charge on any atom is 0.162 e. The molecule has 0 fully saturated rings. The van der Waals surface area contributed by atoms with E-state index in [1.54, 1.807) is 26.4 Å². The van der Waals surface area contributed by atoms with Crippen LogP contribution in [0.1, 0.15) is 48.2 Å². The Kier molecular flexibility index (Phi) is 8.23. The zero-order chi connectivity index (χ0) is 20.4. The Morgan fingerprint density at radius 3 is 2.07 bits per heavy atom. The van der Waals surface area contributed by atoms with E-state index in [1.165, 1.54) is 0 Å². The van der Waals surface area contributed by atoms with Gasteiger partial charge in [0.1, 0.15) is 0 Å². The van der Waals surface area contributed by atoms with Crippen molar-refractivity contribution in [1.29, 1.82) is 0 Å². The highest BCUT2D eigenvalue weighted by molar-refractivity contribution is 5.81. The number of carbonyl (C=O) groups excluding carboxylic acids is 1. The maximum atomic E-state index is 11.5. The second kappa shape index (κ2) is 10.9. The molecule has 0 aliphatic carbocycles. The predicted molar refractivity (Wildman–Crippen MR) is 109 cm³/mol. The fraction of sp³-hybridized carbons (Fsp3) is 0.348. The first-order valence-electron chi connectivity index (χ1n) is 9.29. The van der Waals surface area contributed by atoms with E-state index in [2.05, 4.69) is 11.8 Å². The van der Waals surface area contributed by atoms with Crippen LogP contribution in [0, 0.1) is 11.8 Å². The van der Waals surface area contributed by atoms with Gasteiger partial charge in [0.25, 0.3) is 0 Å². The van der Waals surface area contributed by atoms with Crippen molar-refractivity contribution in [2.75, 3.05) is 27.4 Å². The Labute approximate surface area is 166 Å². The summed E-state index contributed by atoms with van der Waals surface area (Å²) in [5.74, 6) is 8.49. The summed E-state index contributed by atoms with van der Waals surface area (Å²) in [7, 11) is 3.15. The minimum Gasteiger partial charge on any atom is -0.493 e. The van der Waals surface area contributed by atoms with Crippen molar-refractivity contribution in [1.82, 2.24) is 0 Å². The lowest BCUT2D eigenvalue weighted by molar-refractivity contribution is 0.112. The Hall–Kier alpha value is -3.13. The first kappa shape index (κ1) is 21.2. The normalized spacial score (nSPS) is 9.86. The van der Waals surface area contributed by atoms with Gasteiger partial charge in [-0.3, -0.25) is 4.79 Å². The zero-order valence-electron chi connectivity index (χ0n) is 16.8. The lowest BCUT2D eigenvalue weighted by atomic mass is 10.1. The molecule has 2 aromatic carbocycles. The summed E-state index contributed by atoms with van der Waals surface area (Å²) < 4.78 is 22.1. The van der Waals surface area contributed by atoms with Gasteiger partial charge in [-0.05, 0) is 37.1 Å². The van der Waals surface area contributed by atoms with Gasteiger partial charge in [0.15, 0.2) is 29.3 Å². The van der Waals surface area contributed by atoms with Crippen molar-refractivity contribution < 1.29 is 23.7 Å². The summed E-state index contributed by atoms with van der Waals surface area (Å²) in [6.45, 7) is 5.23. The molecule has 0 aliphatic rings. The molecule has 0 saturated heterocycles. The molecule has 2 aromatic rings. The summed E-state index contributed by atoms with van der Waals surface area (Å²) in [5.41, 5.74) is 1.78. The van der Waals surface area contributed by atoms with E-state index in [1.807, 2.05) is 32.0 Å². The Morgan fingerprint density at radius 1 is 0.821 bits per heavy atom.